The molecule has 0 atom stereocenters. The molecule has 0 bridgehead atoms. The van der Waals surface area contributed by atoms with Crippen LogP contribution in [0.2, 0.25) is 5.02 Å². The Morgan fingerprint density at radius 1 is 1.10 bits per heavy atom. The molecule has 0 aliphatic rings. The van der Waals surface area contributed by atoms with Crippen LogP contribution < -0.4 is 10.1 Å². The lowest BCUT2D eigenvalue weighted by Crippen LogP contribution is -2.19. The lowest BCUT2D eigenvalue weighted by Gasteiger charge is -2.10. The normalized spacial score (nSPS) is 10.9. The Hall–Kier alpha value is -3.14. The topological polar surface area (TPSA) is 64.4 Å². The van der Waals surface area contributed by atoms with Crippen molar-refractivity contribution in [2.75, 3.05) is 5.32 Å². The molecule has 1 heterocycles. The van der Waals surface area contributed by atoms with Crippen LogP contribution in [0.3, 0.4) is 0 Å². The number of halogens is 6. The van der Waals surface area contributed by atoms with Crippen LogP contribution in [0.5, 0.6) is 5.75 Å². The number of rotatable bonds is 5. The van der Waals surface area contributed by atoms with Crippen molar-refractivity contribution in [2.45, 2.75) is 13.5 Å². The number of anilines is 1. The number of aryl methyl sites for hydroxylation is 1. The van der Waals surface area contributed by atoms with E-state index in [-0.39, 0.29) is 17.9 Å². The zero-order valence-electron chi connectivity index (χ0n) is 14.5. The highest BCUT2D eigenvalue weighted by Crippen LogP contribution is 2.28. The van der Waals surface area contributed by atoms with Gasteiger partial charge in [-0.2, -0.15) is 0 Å². The molecule has 11 heteroatoms. The summed E-state index contributed by atoms with van der Waals surface area (Å²) in [5.41, 5.74) is -1.85. The van der Waals surface area contributed by atoms with Crippen molar-refractivity contribution < 1.29 is 36.0 Å². The first-order valence-corrected chi connectivity index (χ1v) is 8.24. The van der Waals surface area contributed by atoms with Gasteiger partial charge in [-0.1, -0.05) is 22.8 Å². The van der Waals surface area contributed by atoms with Gasteiger partial charge in [-0.25, -0.2) is 22.0 Å². The lowest BCUT2D eigenvalue weighted by atomic mass is 10.2. The van der Waals surface area contributed by atoms with Crippen LogP contribution >= 0.6 is 11.6 Å². The largest absolute Gasteiger partial charge is 0.489 e. The molecule has 1 N–H and O–H groups in total. The molecule has 3 rings (SSSR count). The fourth-order valence-electron chi connectivity index (χ4n) is 2.34. The van der Waals surface area contributed by atoms with Crippen molar-refractivity contribution in [1.29, 1.82) is 0 Å². The van der Waals surface area contributed by atoms with E-state index < -0.39 is 46.4 Å². The van der Waals surface area contributed by atoms with Gasteiger partial charge in [0.1, 0.15) is 23.8 Å². The van der Waals surface area contributed by atoms with Gasteiger partial charge in [0.15, 0.2) is 29.0 Å². The van der Waals surface area contributed by atoms with Crippen molar-refractivity contribution in [1.82, 2.24) is 5.16 Å². The number of hydrogen-bond acceptors (Lipinski definition) is 4. The molecule has 0 radical (unpaired) electrons. The van der Waals surface area contributed by atoms with Crippen molar-refractivity contribution in [3.05, 3.63) is 75.4 Å². The number of nitrogens with zero attached hydrogens (tertiary/aromatic N) is 1. The van der Waals surface area contributed by atoms with E-state index in [0.717, 1.165) is 0 Å². The van der Waals surface area contributed by atoms with Gasteiger partial charge in [-0.15, -0.1) is 0 Å². The van der Waals surface area contributed by atoms with Gasteiger partial charge in [0.2, 0.25) is 5.82 Å². The molecule has 0 aliphatic heterocycles. The van der Waals surface area contributed by atoms with Gasteiger partial charge in [0, 0.05) is 5.02 Å². The monoisotopic (exact) mass is 432 g/mol. The first-order chi connectivity index (χ1) is 13.7. The summed E-state index contributed by atoms with van der Waals surface area (Å²) >= 11 is 5.84. The molecule has 0 unspecified atom stereocenters. The maximum Gasteiger partial charge on any atom is 0.278 e. The number of hydrogen-bond donors (Lipinski definition) is 1. The van der Waals surface area contributed by atoms with Crippen LogP contribution in [0, 0.1) is 36.0 Å². The summed E-state index contributed by atoms with van der Waals surface area (Å²) in [7, 11) is 0. The minimum Gasteiger partial charge on any atom is -0.489 e. The second-order valence-electron chi connectivity index (χ2n) is 5.71. The zero-order chi connectivity index (χ0) is 21.3. The van der Waals surface area contributed by atoms with E-state index in [9.17, 15) is 26.7 Å². The van der Waals surface area contributed by atoms with Crippen LogP contribution in [0.1, 0.15) is 21.8 Å². The number of nitrogens with one attached hydrogen (secondary N) is 1. The molecule has 0 saturated carbocycles. The van der Waals surface area contributed by atoms with E-state index in [1.165, 1.54) is 13.0 Å². The van der Waals surface area contributed by atoms with Crippen molar-refractivity contribution >= 4 is 23.2 Å². The SMILES string of the molecule is Cc1onc(C(=O)Nc2c(F)c(F)c(F)c(F)c2F)c1COc1cccc(Cl)c1. The van der Waals surface area contributed by atoms with Gasteiger partial charge in [-0.3, -0.25) is 4.79 Å². The van der Waals surface area contributed by atoms with Crippen LogP contribution in [-0.4, -0.2) is 11.1 Å². The molecular weight excluding hydrogens is 423 g/mol. The first kappa shape index (κ1) is 20.6. The smallest absolute Gasteiger partial charge is 0.278 e. The summed E-state index contributed by atoms with van der Waals surface area (Å²) in [6.45, 7) is 1.20. The summed E-state index contributed by atoms with van der Waals surface area (Å²) < 4.78 is 77.6. The summed E-state index contributed by atoms with van der Waals surface area (Å²) in [6, 6.07) is 6.32. The fraction of sp³-hybridized carbons (Fsp3) is 0.111. The Labute approximate surface area is 165 Å². The molecule has 1 amide bonds. The predicted molar refractivity (Wildman–Crippen MR) is 91.2 cm³/mol. The quantitative estimate of drug-likeness (QED) is 0.343. The third-order valence-corrected chi connectivity index (χ3v) is 4.06. The highest BCUT2D eigenvalue weighted by molar-refractivity contribution is 6.30. The lowest BCUT2D eigenvalue weighted by molar-refractivity contribution is 0.101. The third-order valence-electron chi connectivity index (χ3n) is 3.83. The minimum absolute atomic E-state index is 0.103. The Kier molecular flexibility index (Phi) is 5.73. The highest BCUT2D eigenvalue weighted by Gasteiger charge is 2.29. The Balaban J connectivity index is 1.86. The summed E-state index contributed by atoms with van der Waals surface area (Å²) in [4.78, 5) is 12.3. The first-order valence-electron chi connectivity index (χ1n) is 7.87. The predicted octanol–water partition coefficient (Wildman–Crippen LogP) is 5.16. The van der Waals surface area contributed by atoms with E-state index in [1.807, 2.05) is 0 Å². The molecule has 0 fully saturated rings. The molecule has 2 aromatic carbocycles. The number of carbonyl (C=O) groups is 1. The second-order valence-corrected chi connectivity index (χ2v) is 6.15. The van der Waals surface area contributed by atoms with Crippen molar-refractivity contribution in [2.24, 2.45) is 0 Å². The number of benzene rings is 2. The van der Waals surface area contributed by atoms with Gasteiger partial charge >= 0.3 is 0 Å². The van der Waals surface area contributed by atoms with Gasteiger partial charge < -0.3 is 14.6 Å². The number of ether oxygens (including phenoxy) is 1. The van der Waals surface area contributed by atoms with Gasteiger partial charge in [-0.05, 0) is 25.1 Å². The van der Waals surface area contributed by atoms with Gasteiger partial charge in [0.05, 0.1) is 5.56 Å². The third kappa shape index (κ3) is 4.02. The number of amides is 1. The van der Waals surface area contributed by atoms with E-state index in [0.29, 0.717) is 10.8 Å². The van der Waals surface area contributed by atoms with E-state index in [4.69, 9.17) is 20.9 Å². The molecule has 0 aliphatic carbocycles. The standard InChI is InChI=1S/C18H10ClF5N2O3/c1-7-10(6-28-9-4-2-3-8(19)5-9)16(26-29-7)18(27)25-17-14(23)12(21)11(20)13(22)15(17)24/h2-5H,6H2,1H3,(H,25,27). The maximum absolute atomic E-state index is 13.8. The minimum atomic E-state index is -2.34. The summed E-state index contributed by atoms with van der Waals surface area (Å²) in [5, 5.41) is 5.49. The molecule has 0 saturated heterocycles. The molecule has 0 spiro atoms. The number of aromatic nitrogens is 1. The molecule has 5 nitrogen and oxygen atoms in total. The maximum atomic E-state index is 13.8. The average molecular weight is 433 g/mol. The van der Waals surface area contributed by atoms with Crippen LogP contribution in [0.25, 0.3) is 0 Å². The van der Waals surface area contributed by atoms with Crippen LogP contribution in [0.15, 0.2) is 28.8 Å². The van der Waals surface area contributed by atoms with E-state index >= 15 is 0 Å². The van der Waals surface area contributed by atoms with Crippen molar-refractivity contribution in [3.8, 4) is 5.75 Å². The Bertz CT molecular complexity index is 1070. The van der Waals surface area contributed by atoms with E-state index in [1.54, 1.807) is 23.5 Å². The molecule has 3 aromatic rings. The van der Waals surface area contributed by atoms with Crippen LogP contribution in [-0.2, 0) is 6.61 Å². The Morgan fingerprint density at radius 2 is 1.72 bits per heavy atom. The zero-order valence-corrected chi connectivity index (χ0v) is 15.2. The van der Waals surface area contributed by atoms with Crippen molar-refractivity contribution in [3.63, 3.8) is 0 Å². The summed E-state index contributed by atoms with van der Waals surface area (Å²) in [5.74, 6) is -11.9. The average Bonchev–Trinajstić information content (AvgIpc) is 3.07. The molecular formula is C18H10ClF5N2O3. The summed E-state index contributed by atoms with van der Waals surface area (Å²) in [6.07, 6.45) is 0. The Morgan fingerprint density at radius 3 is 2.34 bits per heavy atom. The van der Waals surface area contributed by atoms with Gasteiger partial charge in [0.25, 0.3) is 5.91 Å². The fourth-order valence-corrected chi connectivity index (χ4v) is 2.52. The highest BCUT2D eigenvalue weighted by atomic mass is 35.5. The number of carbonyl (C=O) groups excluding carboxylic acids is 1. The van der Waals surface area contributed by atoms with E-state index in [2.05, 4.69) is 5.16 Å². The molecule has 152 valence electrons. The van der Waals surface area contributed by atoms with Crippen LogP contribution in [0.4, 0.5) is 27.6 Å². The second kappa shape index (κ2) is 8.08. The molecule has 29 heavy (non-hydrogen) atoms. The molecule has 1 aromatic heterocycles.